The molecule has 0 aromatic carbocycles. The molecule has 2 aromatic heterocycles. The molecule has 0 unspecified atom stereocenters. The van der Waals surface area contributed by atoms with Crippen molar-refractivity contribution < 1.29 is 9.53 Å². The summed E-state index contributed by atoms with van der Waals surface area (Å²) in [6, 6.07) is 3.65. The summed E-state index contributed by atoms with van der Waals surface area (Å²) < 4.78 is 6.99. The first-order valence-corrected chi connectivity index (χ1v) is 7.94. The lowest BCUT2D eigenvalue weighted by Crippen LogP contribution is -2.51. The van der Waals surface area contributed by atoms with Crippen molar-refractivity contribution in [3.8, 4) is 5.75 Å². The van der Waals surface area contributed by atoms with E-state index in [1.807, 2.05) is 27.6 Å². The fraction of sp³-hybridized carbons (Fsp3) is 0.529. The Bertz CT molecular complexity index is 716. The van der Waals surface area contributed by atoms with Crippen molar-refractivity contribution >= 4 is 11.6 Å². The van der Waals surface area contributed by atoms with Crippen molar-refractivity contribution in [2.24, 2.45) is 17.1 Å². The first-order valence-electron chi connectivity index (χ1n) is 7.94. The molecule has 3 heterocycles. The predicted molar refractivity (Wildman–Crippen MR) is 88.6 cm³/mol. The molecule has 0 radical (unpaired) electrons. The van der Waals surface area contributed by atoms with E-state index < -0.39 is 0 Å². The van der Waals surface area contributed by atoms with Gasteiger partial charge in [-0.2, -0.15) is 0 Å². The van der Waals surface area contributed by atoms with Crippen molar-refractivity contribution in [1.82, 2.24) is 14.3 Å². The van der Waals surface area contributed by atoms with Crippen molar-refractivity contribution in [2.75, 3.05) is 26.7 Å². The highest BCUT2D eigenvalue weighted by Crippen LogP contribution is 2.31. The van der Waals surface area contributed by atoms with Crippen LogP contribution >= 0.6 is 0 Å². The first-order chi connectivity index (χ1) is 10.9. The summed E-state index contributed by atoms with van der Waals surface area (Å²) in [4.78, 5) is 18.8. The standard InChI is InChI=1S/C17H24N4O2/c1-17(2,11-18)7-12-9-20(10-12)16(22)14-8-19-15-6-13(23-3)4-5-21(14)15/h4-6,8,12H,7,9-11,18H2,1-3H3. The molecule has 3 rings (SSSR count). The molecule has 0 atom stereocenters. The van der Waals surface area contributed by atoms with Gasteiger partial charge in [0, 0.05) is 25.4 Å². The second-order valence-corrected chi connectivity index (χ2v) is 7.09. The van der Waals surface area contributed by atoms with Crippen LogP contribution in [0.4, 0.5) is 0 Å². The Hall–Kier alpha value is -2.08. The van der Waals surface area contributed by atoms with Gasteiger partial charge in [-0.3, -0.25) is 9.20 Å². The maximum absolute atomic E-state index is 12.6. The molecule has 6 heteroatoms. The summed E-state index contributed by atoms with van der Waals surface area (Å²) in [5.41, 5.74) is 7.24. The van der Waals surface area contributed by atoms with Crippen LogP contribution in [-0.4, -0.2) is 46.9 Å². The summed E-state index contributed by atoms with van der Waals surface area (Å²) in [7, 11) is 1.61. The topological polar surface area (TPSA) is 72.9 Å². The van der Waals surface area contributed by atoms with E-state index in [0.717, 1.165) is 25.3 Å². The summed E-state index contributed by atoms with van der Waals surface area (Å²) in [5, 5.41) is 0. The molecule has 0 aliphatic carbocycles. The van der Waals surface area contributed by atoms with Crippen LogP contribution in [0.3, 0.4) is 0 Å². The van der Waals surface area contributed by atoms with Crippen LogP contribution in [0.5, 0.6) is 5.75 Å². The van der Waals surface area contributed by atoms with Gasteiger partial charge in [0.2, 0.25) is 0 Å². The minimum Gasteiger partial charge on any atom is -0.497 e. The van der Waals surface area contributed by atoms with E-state index in [2.05, 4.69) is 18.8 Å². The first kappa shape index (κ1) is 15.8. The number of carbonyl (C=O) groups is 1. The summed E-state index contributed by atoms with van der Waals surface area (Å²) in [6.07, 6.45) is 4.51. The fourth-order valence-electron chi connectivity index (χ4n) is 3.14. The third kappa shape index (κ3) is 3.03. The van der Waals surface area contributed by atoms with Gasteiger partial charge in [0.25, 0.3) is 5.91 Å². The maximum Gasteiger partial charge on any atom is 0.272 e. The summed E-state index contributed by atoms with van der Waals surface area (Å²) in [6.45, 7) is 6.62. The molecule has 0 spiro atoms. The number of ether oxygens (including phenoxy) is 1. The molecule has 0 saturated carbocycles. The zero-order valence-electron chi connectivity index (χ0n) is 14.0. The van der Waals surface area contributed by atoms with Crippen LogP contribution in [0.2, 0.25) is 0 Å². The molecule has 0 bridgehead atoms. The third-order valence-corrected chi connectivity index (χ3v) is 4.58. The minimum absolute atomic E-state index is 0.0319. The van der Waals surface area contributed by atoms with E-state index in [1.165, 1.54) is 0 Å². The largest absolute Gasteiger partial charge is 0.497 e. The zero-order chi connectivity index (χ0) is 16.6. The van der Waals surface area contributed by atoms with Gasteiger partial charge in [0.1, 0.15) is 17.1 Å². The molecular formula is C17H24N4O2. The minimum atomic E-state index is 0.0319. The number of amides is 1. The molecule has 23 heavy (non-hydrogen) atoms. The average Bonchev–Trinajstić information content (AvgIpc) is 2.92. The van der Waals surface area contributed by atoms with Crippen LogP contribution in [0.1, 0.15) is 30.8 Å². The van der Waals surface area contributed by atoms with Crippen LogP contribution in [0, 0.1) is 11.3 Å². The van der Waals surface area contributed by atoms with Crippen LogP contribution in [0.25, 0.3) is 5.65 Å². The van der Waals surface area contributed by atoms with Crippen molar-refractivity contribution in [3.63, 3.8) is 0 Å². The number of aromatic nitrogens is 2. The SMILES string of the molecule is COc1ccn2c(C(=O)N3CC(CC(C)(C)CN)C3)cnc2c1. The lowest BCUT2D eigenvalue weighted by atomic mass is 9.79. The number of likely N-dealkylation sites (tertiary alicyclic amines) is 1. The van der Waals surface area contributed by atoms with Gasteiger partial charge in [-0.25, -0.2) is 4.98 Å². The Morgan fingerprint density at radius 3 is 2.87 bits per heavy atom. The average molecular weight is 316 g/mol. The Balaban J connectivity index is 1.68. The molecule has 2 aromatic rings. The Labute approximate surface area is 136 Å². The van der Waals surface area contributed by atoms with E-state index in [9.17, 15) is 4.79 Å². The second-order valence-electron chi connectivity index (χ2n) is 7.09. The number of carbonyl (C=O) groups excluding carboxylic acids is 1. The highest BCUT2D eigenvalue weighted by molar-refractivity contribution is 5.93. The number of imidazole rings is 1. The van der Waals surface area contributed by atoms with Crippen molar-refractivity contribution in [1.29, 1.82) is 0 Å². The van der Waals surface area contributed by atoms with Gasteiger partial charge in [-0.1, -0.05) is 13.8 Å². The number of nitrogens with two attached hydrogens (primary N) is 1. The van der Waals surface area contributed by atoms with E-state index in [1.54, 1.807) is 13.3 Å². The fourth-order valence-corrected chi connectivity index (χ4v) is 3.14. The second kappa shape index (κ2) is 5.85. The normalized spacial score (nSPS) is 15.7. The Kier molecular flexibility index (Phi) is 4.02. The van der Waals surface area contributed by atoms with E-state index in [0.29, 0.717) is 23.8 Å². The lowest BCUT2D eigenvalue weighted by Gasteiger charge is -2.42. The molecule has 2 N–H and O–H groups in total. The molecule has 1 aliphatic rings. The molecule has 1 saturated heterocycles. The van der Waals surface area contributed by atoms with Gasteiger partial charge in [0.15, 0.2) is 0 Å². The van der Waals surface area contributed by atoms with Crippen molar-refractivity contribution in [3.05, 3.63) is 30.2 Å². The molecule has 6 nitrogen and oxygen atoms in total. The number of fused-ring (bicyclic) bond motifs is 1. The quantitative estimate of drug-likeness (QED) is 0.913. The monoisotopic (exact) mass is 316 g/mol. The van der Waals surface area contributed by atoms with E-state index >= 15 is 0 Å². The highest BCUT2D eigenvalue weighted by atomic mass is 16.5. The van der Waals surface area contributed by atoms with Gasteiger partial charge in [0.05, 0.1) is 13.3 Å². The maximum atomic E-state index is 12.6. The summed E-state index contributed by atoms with van der Waals surface area (Å²) >= 11 is 0. The van der Waals surface area contributed by atoms with E-state index in [4.69, 9.17) is 10.5 Å². The number of hydrogen-bond donors (Lipinski definition) is 1. The van der Waals surface area contributed by atoms with Crippen LogP contribution in [0.15, 0.2) is 24.5 Å². The van der Waals surface area contributed by atoms with Gasteiger partial charge in [-0.05, 0) is 30.4 Å². The van der Waals surface area contributed by atoms with Gasteiger partial charge < -0.3 is 15.4 Å². The number of nitrogens with zero attached hydrogens (tertiary/aromatic N) is 3. The molecule has 1 amide bonds. The predicted octanol–water partition coefficient (Wildman–Crippen LogP) is 1.79. The van der Waals surface area contributed by atoms with Crippen LogP contribution < -0.4 is 10.5 Å². The van der Waals surface area contributed by atoms with E-state index in [-0.39, 0.29) is 11.3 Å². The molecule has 124 valence electrons. The number of rotatable bonds is 5. The Morgan fingerprint density at radius 1 is 1.48 bits per heavy atom. The zero-order valence-corrected chi connectivity index (χ0v) is 14.0. The summed E-state index contributed by atoms with van der Waals surface area (Å²) in [5.74, 6) is 1.30. The third-order valence-electron chi connectivity index (χ3n) is 4.58. The lowest BCUT2D eigenvalue weighted by molar-refractivity contribution is 0.0400. The van der Waals surface area contributed by atoms with Gasteiger partial charge in [-0.15, -0.1) is 0 Å². The molecular weight excluding hydrogens is 292 g/mol. The smallest absolute Gasteiger partial charge is 0.272 e. The number of methoxy groups -OCH3 is 1. The number of pyridine rings is 1. The van der Waals surface area contributed by atoms with Crippen molar-refractivity contribution in [2.45, 2.75) is 20.3 Å². The van der Waals surface area contributed by atoms with Crippen LogP contribution in [-0.2, 0) is 0 Å². The molecule has 1 aliphatic heterocycles. The molecule has 1 fully saturated rings. The number of hydrogen-bond acceptors (Lipinski definition) is 4. The highest BCUT2D eigenvalue weighted by Gasteiger charge is 2.35. The van der Waals surface area contributed by atoms with Gasteiger partial charge >= 0.3 is 0 Å². The Morgan fingerprint density at radius 2 is 2.22 bits per heavy atom.